The number of halogens is 1. The fourth-order valence-electron chi connectivity index (χ4n) is 1.45. The van der Waals surface area contributed by atoms with E-state index in [-0.39, 0.29) is 6.04 Å². The zero-order valence-corrected chi connectivity index (χ0v) is 9.79. The molecule has 0 saturated carbocycles. The minimum absolute atomic E-state index is 0.206. The lowest BCUT2D eigenvalue weighted by atomic mass is 10.0. The predicted octanol–water partition coefficient (Wildman–Crippen LogP) is 2.26. The van der Waals surface area contributed by atoms with Gasteiger partial charge in [0.2, 0.25) is 0 Å². The number of amides is 1. The molecule has 0 aromatic heterocycles. The Bertz CT molecular complexity index is 340. The van der Waals surface area contributed by atoms with Gasteiger partial charge in [0.15, 0.2) is 0 Å². The van der Waals surface area contributed by atoms with Crippen LogP contribution in [0.25, 0.3) is 0 Å². The summed E-state index contributed by atoms with van der Waals surface area (Å²) in [7, 11) is 1.83. The third-order valence-corrected chi connectivity index (χ3v) is 2.51. The average Bonchev–Trinajstić information content (AvgIpc) is 2.25. The van der Waals surface area contributed by atoms with Crippen LogP contribution in [0, 0.1) is 0 Å². The molecule has 5 heteroatoms. The summed E-state index contributed by atoms with van der Waals surface area (Å²) in [6.07, 6.45) is -0.319. The van der Waals surface area contributed by atoms with E-state index in [9.17, 15) is 4.79 Å². The number of hydrogen-bond donors (Lipinski definition) is 3. The van der Waals surface area contributed by atoms with Crippen molar-refractivity contribution >= 4 is 17.7 Å². The van der Waals surface area contributed by atoms with Crippen molar-refractivity contribution < 1.29 is 9.90 Å². The first-order valence-corrected chi connectivity index (χ1v) is 5.41. The van der Waals surface area contributed by atoms with Crippen LogP contribution in [0.1, 0.15) is 18.0 Å². The van der Waals surface area contributed by atoms with Gasteiger partial charge in [-0.15, -0.1) is 0 Å². The molecule has 0 aliphatic rings. The van der Waals surface area contributed by atoms with Gasteiger partial charge in [-0.25, -0.2) is 4.79 Å². The highest BCUT2D eigenvalue weighted by molar-refractivity contribution is 6.30. The smallest absolute Gasteiger partial charge is 0.405 e. The van der Waals surface area contributed by atoms with Gasteiger partial charge in [0.1, 0.15) is 0 Å². The summed E-state index contributed by atoms with van der Waals surface area (Å²) in [5.74, 6) is 0. The van der Waals surface area contributed by atoms with Crippen LogP contribution in [0.15, 0.2) is 24.3 Å². The van der Waals surface area contributed by atoms with E-state index in [0.717, 1.165) is 12.1 Å². The van der Waals surface area contributed by atoms with E-state index in [4.69, 9.17) is 16.7 Å². The summed E-state index contributed by atoms with van der Waals surface area (Å²) in [4.78, 5) is 10.7. The molecule has 1 atom stereocenters. The summed E-state index contributed by atoms with van der Waals surface area (Å²) >= 11 is 5.78. The Hall–Kier alpha value is -1.26. The Balaban J connectivity index is 2.74. The molecule has 0 bridgehead atoms. The van der Waals surface area contributed by atoms with E-state index >= 15 is 0 Å². The first kappa shape index (κ1) is 12.8. The first-order chi connectivity index (χ1) is 7.63. The fraction of sp³-hybridized carbons (Fsp3) is 0.364. The Morgan fingerprint density at radius 2 is 2.06 bits per heavy atom. The van der Waals surface area contributed by atoms with Crippen LogP contribution in [0.4, 0.5) is 4.79 Å². The highest BCUT2D eigenvalue weighted by Gasteiger charge is 2.12. The molecular weight excluding hydrogens is 228 g/mol. The fourth-order valence-corrected chi connectivity index (χ4v) is 1.58. The van der Waals surface area contributed by atoms with Crippen molar-refractivity contribution in [1.29, 1.82) is 0 Å². The topological polar surface area (TPSA) is 61.4 Å². The van der Waals surface area contributed by atoms with Crippen molar-refractivity contribution in [1.82, 2.24) is 10.6 Å². The summed E-state index contributed by atoms with van der Waals surface area (Å²) in [5.41, 5.74) is 0.919. The molecule has 0 fully saturated rings. The van der Waals surface area contributed by atoms with E-state index in [2.05, 4.69) is 10.6 Å². The van der Waals surface area contributed by atoms with E-state index < -0.39 is 6.09 Å². The molecule has 0 aliphatic heterocycles. The van der Waals surface area contributed by atoms with Gasteiger partial charge >= 0.3 is 6.09 Å². The van der Waals surface area contributed by atoms with Gasteiger partial charge in [0.25, 0.3) is 0 Å². The zero-order chi connectivity index (χ0) is 12.0. The lowest BCUT2D eigenvalue weighted by molar-refractivity contribution is 0.189. The normalized spacial score (nSPS) is 12.1. The molecule has 16 heavy (non-hydrogen) atoms. The van der Waals surface area contributed by atoms with Crippen LogP contribution in [0.3, 0.4) is 0 Å². The number of hydrogen-bond acceptors (Lipinski definition) is 2. The number of carboxylic acid groups (broad SMARTS) is 1. The van der Waals surface area contributed by atoms with Gasteiger partial charge in [0.05, 0.1) is 6.04 Å². The van der Waals surface area contributed by atoms with Crippen LogP contribution in [-0.2, 0) is 0 Å². The van der Waals surface area contributed by atoms with E-state index in [1.54, 1.807) is 12.1 Å². The monoisotopic (exact) mass is 242 g/mol. The molecule has 1 rings (SSSR count). The maximum absolute atomic E-state index is 10.7. The largest absolute Gasteiger partial charge is 0.465 e. The molecular formula is C11H15ClN2O2. The third-order valence-electron chi connectivity index (χ3n) is 2.25. The Morgan fingerprint density at radius 1 is 1.44 bits per heavy atom. The van der Waals surface area contributed by atoms with Crippen molar-refractivity contribution in [3.05, 3.63) is 34.9 Å². The molecule has 0 spiro atoms. The highest BCUT2D eigenvalue weighted by atomic mass is 35.5. The zero-order valence-electron chi connectivity index (χ0n) is 9.03. The Kier molecular flexibility index (Phi) is 5.08. The second kappa shape index (κ2) is 6.35. The molecule has 4 nitrogen and oxygen atoms in total. The van der Waals surface area contributed by atoms with Crippen LogP contribution >= 0.6 is 11.6 Å². The molecule has 1 aromatic rings. The molecule has 3 N–H and O–H groups in total. The SMILES string of the molecule is CNCCC(NC(=O)O)c1ccc(Cl)cc1. The molecule has 0 heterocycles. The maximum atomic E-state index is 10.7. The van der Waals surface area contributed by atoms with Crippen molar-refractivity contribution in [2.45, 2.75) is 12.5 Å². The molecule has 0 saturated heterocycles. The molecule has 0 aliphatic carbocycles. The lowest BCUT2D eigenvalue weighted by Crippen LogP contribution is -2.29. The van der Waals surface area contributed by atoms with Gasteiger partial charge in [-0.1, -0.05) is 23.7 Å². The summed E-state index contributed by atoms with van der Waals surface area (Å²) in [5, 5.41) is 14.9. The van der Waals surface area contributed by atoms with Gasteiger partial charge in [-0.2, -0.15) is 0 Å². The Morgan fingerprint density at radius 3 is 2.56 bits per heavy atom. The second-order valence-corrected chi connectivity index (χ2v) is 3.88. The molecule has 1 amide bonds. The van der Waals surface area contributed by atoms with E-state index in [1.807, 2.05) is 19.2 Å². The molecule has 0 radical (unpaired) electrons. The minimum atomic E-state index is -1.02. The quantitative estimate of drug-likeness (QED) is 0.742. The van der Waals surface area contributed by atoms with Gasteiger partial charge in [0, 0.05) is 5.02 Å². The second-order valence-electron chi connectivity index (χ2n) is 3.45. The Labute approximate surface area is 99.6 Å². The third kappa shape index (κ3) is 4.08. The number of carbonyl (C=O) groups is 1. The van der Waals surface area contributed by atoms with Gasteiger partial charge in [-0.3, -0.25) is 0 Å². The van der Waals surface area contributed by atoms with E-state index in [1.165, 1.54) is 0 Å². The van der Waals surface area contributed by atoms with Gasteiger partial charge < -0.3 is 15.7 Å². The van der Waals surface area contributed by atoms with Crippen molar-refractivity contribution in [2.24, 2.45) is 0 Å². The summed E-state index contributed by atoms with van der Waals surface area (Å²) < 4.78 is 0. The minimum Gasteiger partial charge on any atom is -0.465 e. The van der Waals surface area contributed by atoms with E-state index in [0.29, 0.717) is 11.4 Å². The predicted molar refractivity (Wildman–Crippen MR) is 63.9 cm³/mol. The highest BCUT2D eigenvalue weighted by Crippen LogP contribution is 2.18. The van der Waals surface area contributed by atoms with Crippen LogP contribution in [-0.4, -0.2) is 24.8 Å². The molecule has 88 valence electrons. The average molecular weight is 243 g/mol. The first-order valence-electron chi connectivity index (χ1n) is 5.03. The van der Waals surface area contributed by atoms with Crippen molar-refractivity contribution in [3.63, 3.8) is 0 Å². The number of nitrogens with one attached hydrogen (secondary N) is 2. The van der Waals surface area contributed by atoms with Crippen LogP contribution < -0.4 is 10.6 Å². The van der Waals surface area contributed by atoms with Crippen molar-refractivity contribution in [3.8, 4) is 0 Å². The maximum Gasteiger partial charge on any atom is 0.405 e. The van der Waals surface area contributed by atoms with Crippen LogP contribution in [0.5, 0.6) is 0 Å². The molecule has 1 unspecified atom stereocenters. The number of rotatable bonds is 5. The van der Waals surface area contributed by atoms with Crippen molar-refractivity contribution in [2.75, 3.05) is 13.6 Å². The number of benzene rings is 1. The lowest BCUT2D eigenvalue weighted by Gasteiger charge is -2.17. The standard InChI is InChI=1S/C11H15ClN2O2/c1-13-7-6-10(14-11(15)16)8-2-4-9(12)5-3-8/h2-5,10,13-14H,6-7H2,1H3,(H,15,16). The van der Waals surface area contributed by atoms with Crippen LogP contribution in [0.2, 0.25) is 5.02 Å². The van der Waals surface area contributed by atoms with Gasteiger partial charge in [-0.05, 0) is 37.7 Å². The summed E-state index contributed by atoms with van der Waals surface area (Å²) in [6, 6.07) is 6.97. The molecule has 1 aromatic carbocycles. The summed E-state index contributed by atoms with van der Waals surface area (Å²) in [6.45, 7) is 0.744.